The number of amides is 2. The van der Waals surface area contributed by atoms with Crippen molar-refractivity contribution in [2.75, 3.05) is 39.0 Å². The Morgan fingerprint density at radius 3 is 2.52 bits per heavy atom. The quantitative estimate of drug-likeness (QED) is 0.347. The van der Waals surface area contributed by atoms with E-state index >= 15 is 0 Å². The first-order chi connectivity index (χ1) is 15.7. The van der Waals surface area contributed by atoms with Gasteiger partial charge in [0.25, 0.3) is 11.6 Å². The molecule has 1 aliphatic rings. The van der Waals surface area contributed by atoms with Gasteiger partial charge in [-0.1, -0.05) is 31.7 Å². The number of carbonyl (C=O) groups excluding carboxylic acids is 2. The summed E-state index contributed by atoms with van der Waals surface area (Å²) < 4.78 is 1.78. The summed E-state index contributed by atoms with van der Waals surface area (Å²) in [6, 6.07) is 5.13. The second-order valence-corrected chi connectivity index (χ2v) is 9.32. The largest absolute Gasteiger partial charge is 0.342 e. The van der Waals surface area contributed by atoms with Crippen molar-refractivity contribution >= 4 is 29.3 Å². The van der Waals surface area contributed by atoms with Crippen LogP contribution in [-0.2, 0) is 11.8 Å². The van der Waals surface area contributed by atoms with Crippen molar-refractivity contribution < 1.29 is 14.5 Å². The molecule has 1 aromatic carbocycles. The van der Waals surface area contributed by atoms with E-state index in [1.807, 2.05) is 25.8 Å². The Labute approximate surface area is 196 Å². The number of nitrogens with one attached hydrogen (secondary N) is 1. The highest BCUT2D eigenvalue weighted by Gasteiger charge is 2.26. The normalized spacial score (nSPS) is 15.5. The molecule has 1 saturated heterocycles. The molecular formula is C21H29N7O4S. The fraction of sp³-hybridized carbons (Fsp3) is 0.524. The zero-order chi connectivity index (χ0) is 24.1. The minimum Gasteiger partial charge on any atom is -0.342 e. The molecule has 2 heterocycles. The summed E-state index contributed by atoms with van der Waals surface area (Å²) in [7, 11) is 3.84. The van der Waals surface area contributed by atoms with Crippen LogP contribution in [0, 0.1) is 16.0 Å². The van der Waals surface area contributed by atoms with Crippen molar-refractivity contribution in [2.45, 2.75) is 25.0 Å². The van der Waals surface area contributed by atoms with E-state index < -0.39 is 16.9 Å². The minimum atomic E-state index is -0.535. The molecule has 178 valence electrons. The van der Waals surface area contributed by atoms with Crippen LogP contribution in [0.1, 0.15) is 36.1 Å². The Hall–Kier alpha value is -2.99. The Kier molecular flexibility index (Phi) is 8.03. The molecule has 1 aromatic heterocycles. The minimum absolute atomic E-state index is 0.0135. The predicted octanol–water partition coefficient (Wildman–Crippen LogP) is 1.72. The summed E-state index contributed by atoms with van der Waals surface area (Å²) >= 11 is 1.32. The Morgan fingerprint density at radius 2 is 1.88 bits per heavy atom. The average molecular weight is 476 g/mol. The third-order valence-corrected chi connectivity index (χ3v) is 6.60. The van der Waals surface area contributed by atoms with Crippen LogP contribution >= 0.6 is 11.8 Å². The van der Waals surface area contributed by atoms with Gasteiger partial charge in [0.05, 0.1) is 16.7 Å². The van der Waals surface area contributed by atoms with Gasteiger partial charge in [-0.05, 0) is 19.0 Å². The third-order valence-electron chi connectivity index (χ3n) is 5.60. The van der Waals surface area contributed by atoms with E-state index in [0.717, 1.165) is 26.2 Å². The lowest BCUT2D eigenvalue weighted by atomic mass is 10.0. The maximum Gasteiger partial charge on any atom is 0.270 e. The number of nitro benzene ring substituents is 1. The number of nitrogens with zero attached hydrogens (tertiary/aromatic N) is 6. The number of thioether (sulfide) groups is 1. The summed E-state index contributed by atoms with van der Waals surface area (Å²) in [6.07, 6.45) is 0. The molecule has 0 radical (unpaired) electrons. The van der Waals surface area contributed by atoms with Crippen molar-refractivity contribution in [3.8, 4) is 0 Å². The summed E-state index contributed by atoms with van der Waals surface area (Å²) in [6.45, 7) is 7.06. The van der Waals surface area contributed by atoms with Crippen LogP contribution in [0.5, 0.6) is 0 Å². The van der Waals surface area contributed by atoms with Gasteiger partial charge in [-0.3, -0.25) is 19.7 Å². The summed E-state index contributed by atoms with van der Waals surface area (Å²) in [5.41, 5.74) is 0.0514. The van der Waals surface area contributed by atoms with Crippen molar-refractivity contribution in [2.24, 2.45) is 13.0 Å². The van der Waals surface area contributed by atoms with Crippen LogP contribution in [0.3, 0.4) is 0 Å². The van der Waals surface area contributed by atoms with Gasteiger partial charge in [0, 0.05) is 50.9 Å². The summed E-state index contributed by atoms with van der Waals surface area (Å²) in [5, 5.41) is 23.0. The second-order valence-electron chi connectivity index (χ2n) is 8.38. The number of nitro groups is 1. The molecule has 11 nitrogen and oxygen atoms in total. The molecule has 1 atom stereocenters. The molecule has 0 unspecified atom stereocenters. The van der Waals surface area contributed by atoms with Crippen molar-refractivity contribution in [3.63, 3.8) is 0 Å². The molecule has 1 fully saturated rings. The lowest BCUT2D eigenvalue weighted by Crippen LogP contribution is -2.47. The molecule has 2 amide bonds. The molecule has 3 rings (SSSR count). The number of aromatic nitrogens is 3. The first-order valence-corrected chi connectivity index (χ1v) is 11.7. The Morgan fingerprint density at radius 1 is 1.18 bits per heavy atom. The molecule has 0 aliphatic carbocycles. The molecular weight excluding hydrogens is 446 g/mol. The molecule has 0 bridgehead atoms. The van der Waals surface area contributed by atoms with Crippen LogP contribution < -0.4 is 5.32 Å². The van der Waals surface area contributed by atoms with Gasteiger partial charge >= 0.3 is 0 Å². The number of non-ortho nitro benzene ring substituents is 1. The molecule has 0 saturated carbocycles. The SMILES string of the molecule is CC(C)[C@@H](NC(=O)c1cccc([N+](=O)[O-])c1)c1nnc(SCC(=O)N2CCN(C)CC2)n1C. The van der Waals surface area contributed by atoms with Crippen LogP contribution in [-0.4, -0.2) is 80.3 Å². The monoisotopic (exact) mass is 475 g/mol. The maximum atomic E-state index is 12.8. The van der Waals surface area contributed by atoms with Gasteiger partial charge in [-0.25, -0.2) is 0 Å². The van der Waals surface area contributed by atoms with Crippen molar-refractivity contribution in [3.05, 3.63) is 45.8 Å². The number of likely N-dealkylation sites (N-methyl/N-ethyl adjacent to an activating group) is 1. The van der Waals surface area contributed by atoms with E-state index in [4.69, 9.17) is 0 Å². The predicted molar refractivity (Wildman–Crippen MR) is 124 cm³/mol. The van der Waals surface area contributed by atoms with Crippen molar-refractivity contribution in [1.82, 2.24) is 29.9 Å². The van der Waals surface area contributed by atoms with E-state index in [0.29, 0.717) is 11.0 Å². The van der Waals surface area contributed by atoms with Crippen molar-refractivity contribution in [1.29, 1.82) is 0 Å². The van der Waals surface area contributed by atoms with E-state index in [2.05, 4.69) is 20.4 Å². The molecule has 0 spiro atoms. The first-order valence-electron chi connectivity index (χ1n) is 10.7. The van der Waals surface area contributed by atoms with E-state index in [1.165, 1.54) is 36.0 Å². The first kappa shape index (κ1) is 24.6. The standard InChI is InChI=1S/C21H29N7O4S/c1-14(2)18(22-20(30)15-6-5-7-16(12-15)28(31)32)19-23-24-21(26(19)4)33-13-17(29)27-10-8-25(3)9-11-27/h5-7,12,14,18H,8-11,13H2,1-4H3,(H,22,30)/t18-/m1/s1. The smallest absolute Gasteiger partial charge is 0.270 e. The highest BCUT2D eigenvalue weighted by Crippen LogP contribution is 2.25. The van der Waals surface area contributed by atoms with E-state index in [-0.39, 0.29) is 28.8 Å². The van der Waals surface area contributed by atoms with E-state index in [1.54, 1.807) is 11.6 Å². The van der Waals surface area contributed by atoms with Crippen LogP contribution in [0.15, 0.2) is 29.4 Å². The lowest BCUT2D eigenvalue weighted by molar-refractivity contribution is -0.384. The maximum absolute atomic E-state index is 12.8. The number of carbonyl (C=O) groups is 2. The van der Waals surface area contributed by atoms with Gasteiger partial charge in [0.1, 0.15) is 0 Å². The number of hydrogen-bond donors (Lipinski definition) is 1. The van der Waals surface area contributed by atoms with Gasteiger partial charge in [-0.2, -0.15) is 0 Å². The third kappa shape index (κ3) is 6.08. The fourth-order valence-electron chi connectivity index (χ4n) is 3.51. The van der Waals surface area contributed by atoms with Gasteiger partial charge in [-0.15, -0.1) is 10.2 Å². The zero-order valence-electron chi connectivity index (χ0n) is 19.2. The highest BCUT2D eigenvalue weighted by atomic mass is 32.2. The zero-order valence-corrected chi connectivity index (χ0v) is 20.0. The number of hydrogen-bond acceptors (Lipinski definition) is 8. The average Bonchev–Trinajstić information content (AvgIpc) is 3.15. The number of piperazine rings is 1. The molecule has 1 N–H and O–H groups in total. The summed E-state index contributed by atoms with van der Waals surface area (Å²) in [4.78, 5) is 39.9. The topological polar surface area (TPSA) is 126 Å². The van der Waals surface area contributed by atoms with Gasteiger partial charge in [0.2, 0.25) is 5.91 Å². The van der Waals surface area contributed by atoms with Crippen LogP contribution in [0.25, 0.3) is 0 Å². The van der Waals surface area contributed by atoms with E-state index in [9.17, 15) is 19.7 Å². The second kappa shape index (κ2) is 10.8. The molecule has 33 heavy (non-hydrogen) atoms. The van der Waals surface area contributed by atoms with Crippen LogP contribution in [0.4, 0.5) is 5.69 Å². The summed E-state index contributed by atoms with van der Waals surface area (Å²) in [5.74, 6) is 0.442. The fourth-order valence-corrected chi connectivity index (χ4v) is 4.33. The van der Waals surface area contributed by atoms with Crippen LogP contribution in [0.2, 0.25) is 0 Å². The number of rotatable bonds is 8. The van der Waals surface area contributed by atoms with Gasteiger partial charge in [0.15, 0.2) is 11.0 Å². The Bertz CT molecular complexity index is 1020. The number of benzene rings is 1. The Balaban J connectivity index is 1.68. The molecule has 1 aliphatic heterocycles. The van der Waals surface area contributed by atoms with Gasteiger partial charge < -0.3 is 19.7 Å². The lowest BCUT2D eigenvalue weighted by Gasteiger charge is -2.32. The molecule has 2 aromatic rings. The molecule has 12 heteroatoms. The highest BCUT2D eigenvalue weighted by molar-refractivity contribution is 7.99.